The molecule has 1 spiro atoms. The zero-order valence-electron chi connectivity index (χ0n) is 18.4. The third kappa shape index (κ3) is 3.07. The first kappa shape index (κ1) is 22.1. The molecule has 0 unspecified atom stereocenters. The maximum Gasteiger partial charge on any atom is 0.327 e. The lowest BCUT2D eigenvalue weighted by Crippen LogP contribution is -2.46. The van der Waals surface area contributed by atoms with Crippen LogP contribution in [0, 0.1) is 29.1 Å². The first-order chi connectivity index (χ1) is 14.7. The minimum Gasteiger partial charge on any atom is -0.434 e. The molecule has 5 rings (SSSR count). The first-order valence-electron chi connectivity index (χ1n) is 11.8. The largest absolute Gasteiger partial charge is 0.434 e. The molecule has 174 valence electrons. The SMILES string of the molecule is CC(C)[C@@H]1CC[C@@H](C)C[C@H]1O[C@@H]1OC(=O)[C@@]2([C@H]3[C@H](O)OC(=O)[C@]32Br)[C@H]1OC1CCCC1. The highest BCUT2D eigenvalue weighted by atomic mass is 79.9. The second-order valence-corrected chi connectivity index (χ2v) is 11.8. The van der Waals surface area contributed by atoms with Crippen molar-refractivity contribution in [3.63, 3.8) is 0 Å². The molecule has 0 radical (unpaired) electrons. The van der Waals surface area contributed by atoms with Crippen molar-refractivity contribution in [3.05, 3.63) is 0 Å². The highest BCUT2D eigenvalue weighted by molar-refractivity contribution is 9.10. The fourth-order valence-electron chi connectivity index (χ4n) is 6.67. The molecular weight excluding hydrogens is 468 g/mol. The van der Waals surface area contributed by atoms with Crippen molar-refractivity contribution in [1.82, 2.24) is 0 Å². The third-order valence-corrected chi connectivity index (χ3v) is 9.89. The summed E-state index contributed by atoms with van der Waals surface area (Å²) in [5, 5.41) is 10.4. The Morgan fingerprint density at radius 2 is 1.77 bits per heavy atom. The van der Waals surface area contributed by atoms with E-state index in [1.165, 1.54) is 6.42 Å². The summed E-state index contributed by atoms with van der Waals surface area (Å²) in [6, 6.07) is 0. The van der Waals surface area contributed by atoms with Crippen molar-refractivity contribution >= 4 is 27.9 Å². The zero-order valence-corrected chi connectivity index (χ0v) is 20.0. The number of cyclic esters (lactones) is 2. The van der Waals surface area contributed by atoms with Crippen LogP contribution in [0.4, 0.5) is 0 Å². The lowest BCUT2D eigenvalue weighted by Gasteiger charge is -2.39. The van der Waals surface area contributed by atoms with Gasteiger partial charge in [0.2, 0.25) is 12.6 Å². The Morgan fingerprint density at radius 3 is 2.39 bits per heavy atom. The molecule has 0 aromatic rings. The number of hydrogen-bond acceptors (Lipinski definition) is 7. The first-order valence-corrected chi connectivity index (χ1v) is 12.6. The third-order valence-electron chi connectivity index (χ3n) is 8.42. The number of fused-ring (bicyclic) bond motifs is 3. The second-order valence-electron chi connectivity index (χ2n) is 10.6. The van der Waals surface area contributed by atoms with Crippen molar-refractivity contribution in [2.75, 3.05) is 0 Å². The molecule has 0 aromatic heterocycles. The highest BCUT2D eigenvalue weighted by Gasteiger charge is 2.96. The van der Waals surface area contributed by atoms with Crippen LogP contribution in [0.5, 0.6) is 0 Å². The number of carbonyl (C=O) groups excluding carboxylic acids is 2. The molecule has 0 aromatic carbocycles. The summed E-state index contributed by atoms with van der Waals surface area (Å²) in [7, 11) is 0. The van der Waals surface area contributed by atoms with Gasteiger partial charge in [-0.3, -0.25) is 9.59 Å². The predicted molar refractivity (Wildman–Crippen MR) is 113 cm³/mol. The zero-order chi connectivity index (χ0) is 22.1. The van der Waals surface area contributed by atoms with Gasteiger partial charge in [-0.05, 0) is 43.4 Å². The average Bonchev–Trinajstić information content (AvgIpc) is 3.03. The molecule has 3 saturated carbocycles. The minimum absolute atomic E-state index is 0.000704. The topological polar surface area (TPSA) is 91.3 Å². The molecule has 0 bridgehead atoms. The average molecular weight is 501 g/mol. The van der Waals surface area contributed by atoms with Gasteiger partial charge >= 0.3 is 11.9 Å². The molecule has 5 aliphatic rings. The number of aliphatic hydroxyl groups is 1. The lowest BCUT2D eigenvalue weighted by atomic mass is 9.75. The monoisotopic (exact) mass is 500 g/mol. The standard InChI is InChI=1S/C23H33BrO7/c1-11(2)14-9-8-12(3)10-15(14)29-19-17(28-13-6-4-5-7-13)22(20(26)31-19)16-18(25)30-21(27)23(16,22)24/h11-19,25H,4-10H2,1-3H3/t12-,14+,15-,16-,17+,18-,19-,22-,23-/m1/s1. The van der Waals surface area contributed by atoms with Gasteiger partial charge in [0.1, 0.15) is 11.5 Å². The Bertz CT molecular complexity index is 752. The number of aliphatic hydroxyl groups excluding tert-OH is 1. The Balaban J connectivity index is 1.45. The quantitative estimate of drug-likeness (QED) is 0.457. The van der Waals surface area contributed by atoms with E-state index in [4.69, 9.17) is 18.9 Å². The van der Waals surface area contributed by atoms with E-state index in [1.807, 2.05) is 0 Å². The Labute approximate surface area is 191 Å². The Kier molecular flexibility index (Phi) is 5.47. The van der Waals surface area contributed by atoms with Crippen LogP contribution in [-0.2, 0) is 28.5 Å². The molecular formula is C23H33BrO7. The van der Waals surface area contributed by atoms with Crippen molar-refractivity contribution in [1.29, 1.82) is 0 Å². The lowest BCUT2D eigenvalue weighted by molar-refractivity contribution is -0.221. The fraction of sp³-hybridized carbons (Fsp3) is 0.913. The molecule has 2 aliphatic heterocycles. The summed E-state index contributed by atoms with van der Waals surface area (Å²) < 4.78 is 22.5. The normalized spacial score (nSPS) is 49.5. The van der Waals surface area contributed by atoms with Gasteiger partial charge in [0.05, 0.1) is 18.1 Å². The molecule has 0 amide bonds. The predicted octanol–water partition coefficient (Wildman–Crippen LogP) is 3.30. The van der Waals surface area contributed by atoms with Gasteiger partial charge in [0.15, 0.2) is 4.32 Å². The van der Waals surface area contributed by atoms with E-state index in [-0.39, 0.29) is 12.2 Å². The second kappa shape index (κ2) is 7.67. The van der Waals surface area contributed by atoms with Crippen LogP contribution in [0.3, 0.4) is 0 Å². The summed E-state index contributed by atoms with van der Waals surface area (Å²) in [4.78, 5) is 25.8. The van der Waals surface area contributed by atoms with E-state index in [0.29, 0.717) is 17.8 Å². The van der Waals surface area contributed by atoms with Crippen molar-refractivity contribution in [2.45, 2.75) is 101 Å². The summed E-state index contributed by atoms with van der Waals surface area (Å²) >= 11 is 3.46. The molecule has 8 heteroatoms. The molecule has 3 aliphatic carbocycles. The summed E-state index contributed by atoms with van der Waals surface area (Å²) in [5.41, 5.74) is -1.30. The van der Waals surface area contributed by atoms with Crippen molar-refractivity contribution in [2.24, 2.45) is 29.1 Å². The van der Waals surface area contributed by atoms with Crippen molar-refractivity contribution < 1.29 is 33.6 Å². The number of hydrogen-bond donors (Lipinski definition) is 1. The van der Waals surface area contributed by atoms with E-state index >= 15 is 0 Å². The van der Waals surface area contributed by atoms with E-state index in [9.17, 15) is 14.7 Å². The molecule has 2 heterocycles. The summed E-state index contributed by atoms with van der Waals surface area (Å²) in [5.74, 6) is -0.522. The number of ether oxygens (including phenoxy) is 4. The molecule has 9 atom stereocenters. The number of esters is 2. The van der Waals surface area contributed by atoms with E-state index in [2.05, 4.69) is 36.7 Å². The molecule has 7 nitrogen and oxygen atoms in total. The van der Waals surface area contributed by atoms with E-state index < -0.39 is 46.3 Å². The molecule has 1 N–H and O–H groups in total. The van der Waals surface area contributed by atoms with Gasteiger partial charge in [0, 0.05) is 0 Å². The van der Waals surface area contributed by atoms with Gasteiger partial charge in [-0.2, -0.15) is 0 Å². The van der Waals surface area contributed by atoms with Gasteiger partial charge in [-0.15, -0.1) is 0 Å². The number of alkyl halides is 1. The van der Waals surface area contributed by atoms with Gasteiger partial charge < -0.3 is 24.1 Å². The van der Waals surface area contributed by atoms with Gasteiger partial charge in [-0.1, -0.05) is 56.0 Å². The van der Waals surface area contributed by atoms with Crippen LogP contribution in [0.1, 0.15) is 65.7 Å². The molecule has 2 saturated heterocycles. The van der Waals surface area contributed by atoms with Gasteiger partial charge in [0.25, 0.3) is 0 Å². The van der Waals surface area contributed by atoms with Gasteiger partial charge in [-0.25, -0.2) is 0 Å². The molecule has 5 fully saturated rings. The summed E-state index contributed by atoms with van der Waals surface area (Å²) in [6.45, 7) is 6.64. The highest BCUT2D eigenvalue weighted by Crippen LogP contribution is 2.77. The number of carbonyl (C=O) groups is 2. The van der Waals surface area contributed by atoms with Crippen LogP contribution < -0.4 is 0 Å². The Hall–Kier alpha value is -0.700. The van der Waals surface area contributed by atoms with E-state index in [1.54, 1.807) is 0 Å². The Morgan fingerprint density at radius 1 is 1.06 bits per heavy atom. The maximum atomic E-state index is 13.3. The van der Waals surface area contributed by atoms with Crippen LogP contribution in [0.15, 0.2) is 0 Å². The van der Waals surface area contributed by atoms with Crippen LogP contribution in [0.2, 0.25) is 0 Å². The van der Waals surface area contributed by atoms with Crippen LogP contribution >= 0.6 is 15.9 Å². The summed E-state index contributed by atoms with van der Waals surface area (Å²) in [6.07, 6.45) is 4.12. The smallest absolute Gasteiger partial charge is 0.327 e. The fourth-order valence-corrected chi connectivity index (χ4v) is 7.87. The number of rotatable bonds is 5. The van der Waals surface area contributed by atoms with Crippen LogP contribution in [-0.4, -0.2) is 52.3 Å². The number of halogens is 1. The van der Waals surface area contributed by atoms with Crippen molar-refractivity contribution in [3.8, 4) is 0 Å². The minimum atomic E-state index is -1.36. The maximum absolute atomic E-state index is 13.3. The van der Waals surface area contributed by atoms with Crippen LogP contribution in [0.25, 0.3) is 0 Å². The molecule has 31 heavy (non-hydrogen) atoms. The van der Waals surface area contributed by atoms with E-state index in [0.717, 1.165) is 38.5 Å².